The summed E-state index contributed by atoms with van der Waals surface area (Å²) in [6.45, 7) is 9.21. The van der Waals surface area contributed by atoms with Crippen molar-refractivity contribution in [3.8, 4) is 10.4 Å². The Bertz CT molecular complexity index is 1320. The number of carbonyl (C=O) groups is 2. The van der Waals surface area contributed by atoms with E-state index in [1.165, 1.54) is 4.88 Å². The minimum atomic E-state index is -0.712. The quantitative estimate of drug-likeness (QED) is 0.335. The summed E-state index contributed by atoms with van der Waals surface area (Å²) in [5.41, 5.74) is 5.16. The van der Waals surface area contributed by atoms with E-state index in [-0.39, 0.29) is 24.3 Å². The third-order valence-electron chi connectivity index (χ3n) is 8.15. The predicted octanol–water partition coefficient (Wildman–Crippen LogP) is 2.97. The fourth-order valence-corrected chi connectivity index (χ4v) is 6.61. The number of aromatic nitrogens is 2. The molecule has 4 heterocycles. The lowest BCUT2D eigenvalue weighted by atomic mass is 9.90. The molecule has 2 amide bonds. The largest absolute Gasteiger partial charge is 0.396 e. The summed E-state index contributed by atoms with van der Waals surface area (Å²) in [6, 6.07) is 9.96. The van der Waals surface area contributed by atoms with Gasteiger partial charge in [-0.15, -0.1) is 11.3 Å². The molecule has 0 radical (unpaired) electrons. The summed E-state index contributed by atoms with van der Waals surface area (Å²) in [4.78, 5) is 36.4. The number of likely N-dealkylation sites (tertiary alicyclic amines) is 1. The first kappa shape index (κ1) is 29.2. The zero-order chi connectivity index (χ0) is 28.9. The lowest BCUT2D eigenvalue weighted by Gasteiger charge is -2.31. The topological polar surface area (TPSA) is 124 Å². The second-order valence-corrected chi connectivity index (χ2v) is 12.1. The summed E-state index contributed by atoms with van der Waals surface area (Å²) in [5, 5.41) is 20.7. The van der Waals surface area contributed by atoms with Gasteiger partial charge in [-0.2, -0.15) is 0 Å². The summed E-state index contributed by atoms with van der Waals surface area (Å²) >= 11 is 1.63. The van der Waals surface area contributed by atoms with E-state index in [4.69, 9.17) is 4.52 Å². The summed E-state index contributed by atoms with van der Waals surface area (Å²) in [5.74, 6) is -0.310. The Morgan fingerprint density at radius 1 is 1.27 bits per heavy atom. The Balaban J connectivity index is 1.20. The predicted molar refractivity (Wildman–Crippen MR) is 159 cm³/mol. The van der Waals surface area contributed by atoms with Crippen LogP contribution in [-0.2, 0) is 16.0 Å². The van der Waals surface area contributed by atoms with Crippen LogP contribution in [0.3, 0.4) is 0 Å². The molecular formula is C30H40N6O4S. The van der Waals surface area contributed by atoms with Gasteiger partial charge >= 0.3 is 0 Å². The number of aliphatic hydroxyl groups is 1. The summed E-state index contributed by atoms with van der Waals surface area (Å²) in [6.07, 6.45) is 2.06. The summed E-state index contributed by atoms with van der Waals surface area (Å²) in [7, 11) is 0. The third-order valence-corrected chi connectivity index (χ3v) is 9.13. The van der Waals surface area contributed by atoms with Gasteiger partial charge in [0, 0.05) is 51.4 Å². The average Bonchev–Trinajstić information content (AvgIpc) is 3.75. The highest BCUT2D eigenvalue weighted by Gasteiger charge is 2.41. The van der Waals surface area contributed by atoms with Crippen molar-refractivity contribution in [1.29, 1.82) is 0 Å². The highest BCUT2D eigenvalue weighted by atomic mass is 32.1. The maximum absolute atomic E-state index is 13.9. The number of aryl methyl sites for hydroxylation is 1. The van der Waals surface area contributed by atoms with E-state index in [1.807, 2.05) is 25.4 Å². The van der Waals surface area contributed by atoms with E-state index >= 15 is 0 Å². The number of benzene rings is 1. The lowest BCUT2D eigenvalue weighted by Crippen LogP contribution is -2.49. The molecule has 10 nitrogen and oxygen atoms in total. The number of carbonyl (C=O) groups excluding carboxylic acids is 2. The number of amides is 2. The molecule has 0 bridgehead atoms. The van der Waals surface area contributed by atoms with Crippen LogP contribution in [0.15, 0.2) is 40.4 Å². The molecule has 0 spiro atoms. The van der Waals surface area contributed by atoms with Crippen molar-refractivity contribution in [1.82, 2.24) is 25.7 Å². The molecule has 3 N–H and O–H groups in total. The van der Waals surface area contributed by atoms with Crippen LogP contribution >= 0.6 is 11.3 Å². The normalized spacial score (nSPS) is 20.7. The van der Waals surface area contributed by atoms with Gasteiger partial charge < -0.3 is 30.1 Å². The summed E-state index contributed by atoms with van der Waals surface area (Å²) < 4.78 is 5.69. The van der Waals surface area contributed by atoms with Crippen LogP contribution in [0.4, 0.5) is 5.82 Å². The van der Waals surface area contributed by atoms with Crippen LogP contribution in [0.25, 0.3) is 10.4 Å². The van der Waals surface area contributed by atoms with Gasteiger partial charge in [0.05, 0.1) is 16.1 Å². The SMILES string of the molecule is Cc1ncsc1-c1ccc(CCNC(=O)C2CCCN2C(=O)[C@H](c2cc(N3CCN[C@@H](C)C3)no2)C(C)CO)cc1. The number of nitrogens with one attached hydrogen (secondary N) is 2. The minimum Gasteiger partial charge on any atom is -0.396 e. The molecule has 3 aromatic rings. The molecule has 220 valence electrons. The van der Waals surface area contributed by atoms with Gasteiger partial charge in [-0.25, -0.2) is 4.98 Å². The van der Waals surface area contributed by atoms with Crippen LogP contribution in [-0.4, -0.2) is 83.4 Å². The zero-order valence-corrected chi connectivity index (χ0v) is 24.8. The first-order valence-electron chi connectivity index (χ1n) is 14.5. The molecule has 2 fully saturated rings. The van der Waals surface area contributed by atoms with Crippen molar-refractivity contribution < 1.29 is 19.2 Å². The lowest BCUT2D eigenvalue weighted by molar-refractivity contribution is -0.141. The molecule has 11 heteroatoms. The van der Waals surface area contributed by atoms with E-state index < -0.39 is 12.0 Å². The van der Waals surface area contributed by atoms with Crippen molar-refractivity contribution in [2.75, 3.05) is 44.2 Å². The average molecular weight is 581 g/mol. The molecule has 2 unspecified atom stereocenters. The van der Waals surface area contributed by atoms with Gasteiger partial charge in [0.1, 0.15) is 12.0 Å². The number of hydrogen-bond acceptors (Lipinski definition) is 9. The van der Waals surface area contributed by atoms with E-state index in [1.54, 1.807) is 16.2 Å². The number of thiazole rings is 1. The third kappa shape index (κ3) is 6.63. The second kappa shape index (κ2) is 13.1. The van der Waals surface area contributed by atoms with Gasteiger partial charge in [0.15, 0.2) is 11.6 Å². The van der Waals surface area contributed by atoms with Crippen molar-refractivity contribution in [2.45, 2.75) is 58.0 Å². The second-order valence-electron chi connectivity index (χ2n) is 11.2. The molecule has 2 aromatic heterocycles. The van der Waals surface area contributed by atoms with Gasteiger partial charge in [-0.3, -0.25) is 9.59 Å². The number of aliphatic hydroxyl groups excluding tert-OH is 1. The van der Waals surface area contributed by atoms with E-state index in [0.717, 1.165) is 42.9 Å². The Morgan fingerprint density at radius 2 is 2.07 bits per heavy atom. The molecule has 5 rings (SSSR count). The molecular weight excluding hydrogens is 540 g/mol. The number of nitrogens with zero attached hydrogens (tertiary/aromatic N) is 4. The minimum absolute atomic E-state index is 0.142. The van der Waals surface area contributed by atoms with Crippen LogP contribution in [0.5, 0.6) is 0 Å². The molecule has 2 aliphatic heterocycles. The zero-order valence-electron chi connectivity index (χ0n) is 24.0. The Morgan fingerprint density at radius 3 is 2.78 bits per heavy atom. The maximum Gasteiger partial charge on any atom is 0.242 e. The van der Waals surface area contributed by atoms with Gasteiger partial charge in [0.2, 0.25) is 11.8 Å². The monoisotopic (exact) mass is 580 g/mol. The number of hydrogen-bond donors (Lipinski definition) is 3. The maximum atomic E-state index is 13.9. The van der Waals surface area contributed by atoms with Gasteiger partial charge in [-0.05, 0) is 50.2 Å². The van der Waals surface area contributed by atoms with Gasteiger partial charge in [-0.1, -0.05) is 36.3 Å². The Hall–Kier alpha value is -3.28. The standard InChI is InChI=1S/C30H40N6O4S/c1-19(17-37)27(25-15-26(34-40-25)35-14-12-31-20(2)16-35)30(39)36-13-4-5-24(36)29(38)32-11-10-22-6-8-23(9-7-22)28-21(3)33-18-41-28/h6-9,15,18-20,24,27,31,37H,4-5,10-14,16-17H2,1-3H3,(H,32,38)/t19?,20-,24?,27-/m0/s1. The highest BCUT2D eigenvalue weighted by Crippen LogP contribution is 2.33. The van der Waals surface area contributed by atoms with Crippen molar-refractivity contribution in [3.63, 3.8) is 0 Å². The Kier molecular flexibility index (Phi) is 9.36. The molecule has 1 aromatic carbocycles. The van der Waals surface area contributed by atoms with Crippen molar-refractivity contribution in [3.05, 3.63) is 52.9 Å². The number of anilines is 1. The number of rotatable bonds is 10. The van der Waals surface area contributed by atoms with Crippen molar-refractivity contribution in [2.24, 2.45) is 5.92 Å². The van der Waals surface area contributed by atoms with E-state index in [9.17, 15) is 14.7 Å². The smallest absolute Gasteiger partial charge is 0.242 e. The van der Waals surface area contributed by atoms with E-state index in [2.05, 4.69) is 56.9 Å². The van der Waals surface area contributed by atoms with Crippen LogP contribution in [0, 0.1) is 12.8 Å². The van der Waals surface area contributed by atoms with Crippen LogP contribution in [0.2, 0.25) is 0 Å². The highest BCUT2D eigenvalue weighted by molar-refractivity contribution is 7.13. The molecule has 0 aliphatic carbocycles. The first-order chi connectivity index (χ1) is 19.9. The van der Waals surface area contributed by atoms with Crippen molar-refractivity contribution >= 4 is 29.0 Å². The molecule has 0 saturated carbocycles. The number of piperazine rings is 1. The first-order valence-corrected chi connectivity index (χ1v) is 15.4. The molecule has 41 heavy (non-hydrogen) atoms. The van der Waals surface area contributed by atoms with Gasteiger partial charge in [0.25, 0.3) is 0 Å². The fourth-order valence-electron chi connectivity index (χ4n) is 5.80. The molecule has 4 atom stereocenters. The van der Waals surface area contributed by atoms with Crippen LogP contribution in [0.1, 0.15) is 49.6 Å². The van der Waals surface area contributed by atoms with E-state index in [0.29, 0.717) is 43.6 Å². The molecule has 2 aliphatic rings. The fraction of sp³-hybridized carbons (Fsp3) is 0.533. The van der Waals surface area contributed by atoms with Crippen LogP contribution < -0.4 is 15.5 Å². The Labute approximate surface area is 245 Å². The molecule has 2 saturated heterocycles.